The second-order valence-corrected chi connectivity index (χ2v) is 9.81. The second-order valence-electron chi connectivity index (χ2n) is 7.87. The Bertz CT molecular complexity index is 1100. The van der Waals surface area contributed by atoms with E-state index in [-0.39, 0.29) is 30.2 Å². The van der Waals surface area contributed by atoms with Crippen LogP contribution in [0, 0.1) is 0 Å². The summed E-state index contributed by atoms with van der Waals surface area (Å²) in [6.07, 6.45) is 0.996. The minimum atomic E-state index is -3.65. The minimum absolute atomic E-state index is 0.0463. The van der Waals surface area contributed by atoms with Gasteiger partial charge in [0.15, 0.2) is 17.3 Å². The first-order valence-corrected chi connectivity index (χ1v) is 12.0. The standard InChI is InChI=1S/C23H27NO7S/c1-4-30-16-5-7-17(8-6-16)32(26,27)24-13-11-23(12-14-24)15-19(25)18-9-10-20(28-2)22(29-3)21(18)31-23/h5-10H,4,11-15H2,1-3H3. The number of fused-ring (bicyclic) bond motifs is 1. The fourth-order valence-corrected chi connectivity index (χ4v) is 5.74. The van der Waals surface area contributed by atoms with Gasteiger partial charge in [0.2, 0.25) is 15.8 Å². The Morgan fingerprint density at radius 1 is 1.03 bits per heavy atom. The van der Waals surface area contributed by atoms with Gasteiger partial charge in [-0.05, 0) is 43.3 Å². The zero-order chi connectivity index (χ0) is 22.9. The molecule has 32 heavy (non-hydrogen) atoms. The van der Waals surface area contributed by atoms with Crippen molar-refractivity contribution in [1.82, 2.24) is 4.31 Å². The molecule has 172 valence electrons. The summed E-state index contributed by atoms with van der Waals surface area (Å²) < 4.78 is 50.2. The number of ketones is 1. The average molecular weight is 462 g/mol. The quantitative estimate of drug-likeness (QED) is 0.652. The highest BCUT2D eigenvalue weighted by molar-refractivity contribution is 7.89. The number of sulfonamides is 1. The van der Waals surface area contributed by atoms with Gasteiger partial charge in [-0.3, -0.25) is 4.79 Å². The number of Topliss-reactive ketones (excluding diaryl/α,β-unsaturated/α-hetero) is 1. The van der Waals surface area contributed by atoms with Crippen LogP contribution in [0.4, 0.5) is 0 Å². The molecule has 0 amide bonds. The molecule has 0 radical (unpaired) electrons. The van der Waals surface area contributed by atoms with Gasteiger partial charge in [0.25, 0.3) is 0 Å². The van der Waals surface area contributed by atoms with Gasteiger partial charge in [0.05, 0.1) is 37.7 Å². The van der Waals surface area contributed by atoms with Crippen LogP contribution in [0.25, 0.3) is 0 Å². The van der Waals surface area contributed by atoms with Crippen LogP contribution >= 0.6 is 0 Å². The van der Waals surface area contributed by atoms with E-state index in [9.17, 15) is 13.2 Å². The highest BCUT2D eigenvalue weighted by Crippen LogP contribution is 2.48. The zero-order valence-corrected chi connectivity index (χ0v) is 19.2. The van der Waals surface area contributed by atoms with E-state index in [2.05, 4.69) is 0 Å². The van der Waals surface area contributed by atoms with Crippen LogP contribution < -0.4 is 18.9 Å². The van der Waals surface area contributed by atoms with Gasteiger partial charge in [-0.2, -0.15) is 4.31 Å². The second kappa shape index (κ2) is 8.63. The van der Waals surface area contributed by atoms with Gasteiger partial charge in [0, 0.05) is 25.9 Å². The molecular formula is C23H27NO7S. The first-order valence-electron chi connectivity index (χ1n) is 10.5. The largest absolute Gasteiger partial charge is 0.494 e. The van der Waals surface area contributed by atoms with Crippen molar-refractivity contribution in [3.05, 3.63) is 42.0 Å². The molecule has 0 aromatic heterocycles. The molecule has 0 unspecified atom stereocenters. The first kappa shape index (κ1) is 22.4. The van der Waals surface area contributed by atoms with Gasteiger partial charge in [-0.25, -0.2) is 8.42 Å². The maximum absolute atomic E-state index is 13.1. The fourth-order valence-electron chi connectivity index (χ4n) is 4.30. The van der Waals surface area contributed by atoms with E-state index < -0.39 is 15.6 Å². The van der Waals surface area contributed by atoms with Crippen LogP contribution in [0.2, 0.25) is 0 Å². The maximum atomic E-state index is 13.1. The molecule has 0 N–H and O–H groups in total. The number of carbonyl (C=O) groups excluding carboxylic acids is 1. The van der Waals surface area contributed by atoms with E-state index in [1.54, 1.807) is 36.4 Å². The number of carbonyl (C=O) groups is 1. The number of methoxy groups -OCH3 is 2. The van der Waals surface area contributed by atoms with Crippen molar-refractivity contribution in [2.75, 3.05) is 33.9 Å². The van der Waals surface area contributed by atoms with E-state index in [1.165, 1.54) is 18.5 Å². The Labute approximate surface area is 188 Å². The molecule has 4 rings (SSSR count). The maximum Gasteiger partial charge on any atom is 0.243 e. The Balaban J connectivity index is 1.54. The Morgan fingerprint density at radius 3 is 2.31 bits per heavy atom. The van der Waals surface area contributed by atoms with E-state index in [0.717, 1.165) is 0 Å². The number of nitrogens with zero attached hydrogens (tertiary/aromatic N) is 1. The molecule has 0 bridgehead atoms. The lowest BCUT2D eigenvalue weighted by Crippen LogP contribution is -2.52. The molecule has 1 saturated heterocycles. The van der Waals surface area contributed by atoms with Gasteiger partial charge >= 0.3 is 0 Å². The van der Waals surface area contributed by atoms with Crippen LogP contribution in [-0.2, 0) is 10.0 Å². The highest BCUT2D eigenvalue weighted by atomic mass is 32.2. The smallest absolute Gasteiger partial charge is 0.243 e. The lowest BCUT2D eigenvalue weighted by molar-refractivity contribution is 0.00376. The Kier molecular flexibility index (Phi) is 6.05. The number of ether oxygens (including phenoxy) is 4. The molecule has 0 saturated carbocycles. The van der Waals surface area contributed by atoms with Crippen molar-refractivity contribution in [2.24, 2.45) is 0 Å². The summed E-state index contributed by atoms with van der Waals surface area (Å²) >= 11 is 0. The number of hydrogen-bond acceptors (Lipinski definition) is 7. The van der Waals surface area contributed by atoms with Gasteiger partial charge in [-0.1, -0.05) is 0 Å². The highest BCUT2D eigenvalue weighted by Gasteiger charge is 2.46. The Morgan fingerprint density at radius 2 is 1.72 bits per heavy atom. The lowest BCUT2D eigenvalue weighted by atomic mass is 9.83. The predicted molar refractivity (Wildman–Crippen MR) is 117 cm³/mol. The van der Waals surface area contributed by atoms with Crippen molar-refractivity contribution in [3.63, 3.8) is 0 Å². The first-order chi connectivity index (χ1) is 15.3. The molecule has 8 nitrogen and oxygen atoms in total. The van der Waals surface area contributed by atoms with Crippen LogP contribution in [-0.4, -0.2) is 58.0 Å². The average Bonchev–Trinajstić information content (AvgIpc) is 2.79. The van der Waals surface area contributed by atoms with Crippen molar-refractivity contribution in [1.29, 1.82) is 0 Å². The zero-order valence-electron chi connectivity index (χ0n) is 18.4. The third-order valence-corrected chi connectivity index (χ3v) is 7.92. The molecule has 0 atom stereocenters. The van der Waals surface area contributed by atoms with Crippen molar-refractivity contribution in [2.45, 2.75) is 36.7 Å². The molecular weight excluding hydrogens is 434 g/mol. The summed E-state index contributed by atoms with van der Waals surface area (Å²) in [7, 11) is -0.632. The molecule has 2 aromatic rings. The Hall–Kier alpha value is -2.78. The summed E-state index contributed by atoms with van der Waals surface area (Å²) in [5.41, 5.74) is -0.313. The molecule has 2 aliphatic heterocycles. The third-order valence-electron chi connectivity index (χ3n) is 6.01. The fraction of sp³-hybridized carbons (Fsp3) is 0.435. The monoisotopic (exact) mass is 461 g/mol. The van der Waals surface area contributed by atoms with Crippen molar-refractivity contribution < 1.29 is 32.2 Å². The summed E-state index contributed by atoms with van der Waals surface area (Å²) in [5, 5.41) is 0. The minimum Gasteiger partial charge on any atom is -0.494 e. The van der Waals surface area contributed by atoms with Crippen molar-refractivity contribution >= 4 is 15.8 Å². The normalized spacial score (nSPS) is 18.0. The molecule has 2 aliphatic rings. The molecule has 9 heteroatoms. The van der Waals surface area contributed by atoms with E-state index >= 15 is 0 Å². The van der Waals surface area contributed by atoms with Gasteiger partial charge in [-0.15, -0.1) is 0 Å². The molecule has 1 fully saturated rings. The number of benzene rings is 2. The van der Waals surface area contributed by atoms with Gasteiger partial charge in [0.1, 0.15) is 11.4 Å². The number of rotatable bonds is 6. The topological polar surface area (TPSA) is 91.4 Å². The SMILES string of the molecule is CCOc1ccc(S(=O)(=O)N2CCC3(CC2)CC(=O)c2ccc(OC)c(OC)c2O3)cc1. The summed E-state index contributed by atoms with van der Waals surface area (Å²) in [5.74, 6) is 1.80. The molecule has 2 heterocycles. The third kappa shape index (κ3) is 3.91. The molecule has 2 aromatic carbocycles. The van der Waals surface area contributed by atoms with Crippen LogP contribution in [0.15, 0.2) is 41.3 Å². The predicted octanol–water partition coefficient (Wildman–Crippen LogP) is 3.29. The van der Waals surface area contributed by atoms with E-state index in [0.29, 0.717) is 48.0 Å². The van der Waals surface area contributed by atoms with Crippen LogP contribution in [0.5, 0.6) is 23.0 Å². The van der Waals surface area contributed by atoms with E-state index in [4.69, 9.17) is 18.9 Å². The summed E-state index contributed by atoms with van der Waals surface area (Å²) in [6, 6.07) is 9.78. The number of hydrogen-bond donors (Lipinski definition) is 0. The van der Waals surface area contributed by atoms with Crippen molar-refractivity contribution in [3.8, 4) is 23.0 Å². The summed E-state index contributed by atoms with van der Waals surface area (Å²) in [6.45, 7) is 2.89. The van der Waals surface area contributed by atoms with E-state index in [1.807, 2.05) is 6.92 Å². The lowest BCUT2D eigenvalue weighted by Gasteiger charge is -2.43. The van der Waals surface area contributed by atoms with Crippen LogP contribution in [0.3, 0.4) is 0 Å². The number of piperidine rings is 1. The summed E-state index contributed by atoms with van der Waals surface area (Å²) in [4.78, 5) is 13.1. The molecule has 1 spiro atoms. The molecule has 0 aliphatic carbocycles. The van der Waals surface area contributed by atoms with Gasteiger partial charge < -0.3 is 18.9 Å². The van der Waals surface area contributed by atoms with Crippen LogP contribution in [0.1, 0.15) is 36.5 Å².